The number of hydrazine groups is 1. The molecule has 3 saturated heterocycles. The normalized spacial score (nSPS) is 28.6. The third-order valence-electron chi connectivity index (χ3n) is 5.50. The van der Waals surface area contributed by atoms with E-state index in [0.717, 1.165) is 50.9 Å². The SMILES string of the molecule is O=C(C1CCNN1)N1CCC2(CC1)CC(OCc1cccnc1)CO2. The quantitative estimate of drug-likeness (QED) is 0.832. The van der Waals surface area contributed by atoms with Crippen molar-refractivity contribution in [1.82, 2.24) is 20.7 Å². The number of carbonyl (C=O) groups excluding carboxylic acids is 1. The van der Waals surface area contributed by atoms with Crippen molar-refractivity contribution in [2.24, 2.45) is 0 Å². The molecule has 4 rings (SSSR count). The van der Waals surface area contributed by atoms with Crippen molar-refractivity contribution in [3.05, 3.63) is 30.1 Å². The van der Waals surface area contributed by atoms with Gasteiger partial charge in [-0.05, 0) is 30.9 Å². The van der Waals surface area contributed by atoms with Gasteiger partial charge in [0.25, 0.3) is 0 Å². The Morgan fingerprint density at radius 1 is 1.44 bits per heavy atom. The second-order valence-corrected chi connectivity index (χ2v) is 7.23. The van der Waals surface area contributed by atoms with Gasteiger partial charge in [0.15, 0.2) is 0 Å². The second-order valence-electron chi connectivity index (χ2n) is 7.23. The zero-order chi connectivity index (χ0) is 17.1. The number of piperidine rings is 1. The molecule has 2 atom stereocenters. The Balaban J connectivity index is 1.25. The molecular weight excluding hydrogens is 320 g/mol. The molecule has 0 bridgehead atoms. The van der Waals surface area contributed by atoms with E-state index in [9.17, 15) is 4.79 Å². The zero-order valence-electron chi connectivity index (χ0n) is 14.4. The van der Waals surface area contributed by atoms with Gasteiger partial charge < -0.3 is 14.4 Å². The van der Waals surface area contributed by atoms with Gasteiger partial charge in [-0.15, -0.1) is 0 Å². The highest BCUT2D eigenvalue weighted by Crippen LogP contribution is 2.37. The lowest BCUT2D eigenvalue weighted by molar-refractivity contribution is -0.138. The molecule has 3 fully saturated rings. The smallest absolute Gasteiger partial charge is 0.241 e. The number of nitrogens with one attached hydrogen (secondary N) is 2. The van der Waals surface area contributed by atoms with E-state index in [2.05, 4.69) is 15.8 Å². The van der Waals surface area contributed by atoms with Crippen LogP contribution in [0.15, 0.2) is 24.5 Å². The van der Waals surface area contributed by atoms with Gasteiger partial charge in [0, 0.05) is 38.4 Å². The predicted octanol–water partition coefficient (Wildman–Crippen LogP) is 0.615. The first-order valence-electron chi connectivity index (χ1n) is 9.16. The number of likely N-dealkylation sites (tertiary alicyclic amines) is 1. The van der Waals surface area contributed by atoms with Gasteiger partial charge in [0.2, 0.25) is 5.91 Å². The number of amides is 1. The fourth-order valence-electron chi connectivity index (χ4n) is 3.98. The van der Waals surface area contributed by atoms with Crippen LogP contribution in [0.5, 0.6) is 0 Å². The standard InChI is InChI=1S/C18H26N4O3/c23-17(16-3-7-20-21-16)22-8-4-18(5-9-22)10-15(13-25-18)24-12-14-2-1-6-19-11-14/h1-2,6,11,15-16,20-21H,3-5,7-10,12-13H2. The lowest BCUT2D eigenvalue weighted by atomic mass is 9.87. The lowest BCUT2D eigenvalue weighted by Gasteiger charge is -2.39. The van der Waals surface area contributed by atoms with Crippen molar-refractivity contribution in [2.75, 3.05) is 26.2 Å². The van der Waals surface area contributed by atoms with Gasteiger partial charge >= 0.3 is 0 Å². The Labute approximate surface area is 148 Å². The Morgan fingerprint density at radius 3 is 3.04 bits per heavy atom. The van der Waals surface area contributed by atoms with E-state index in [1.807, 2.05) is 23.2 Å². The summed E-state index contributed by atoms with van der Waals surface area (Å²) >= 11 is 0. The van der Waals surface area contributed by atoms with Crippen LogP contribution >= 0.6 is 0 Å². The van der Waals surface area contributed by atoms with Crippen LogP contribution in [0.4, 0.5) is 0 Å². The number of nitrogens with zero attached hydrogens (tertiary/aromatic N) is 2. The molecule has 2 N–H and O–H groups in total. The number of ether oxygens (including phenoxy) is 2. The van der Waals surface area contributed by atoms with Crippen molar-refractivity contribution >= 4 is 5.91 Å². The number of aromatic nitrogens is 1. The first kappa shape index (κ1) is 16.9. The molecule has 1 spiro atoms. The molecule has 25 heavy (non-hydrogen) atoms. The van der Waals surface area contributed by atoms with Crippen molar-refractivity contribution in [3.63, 3.8) is 0 Å². The minimum Gasteiger partial charge on any atom is -0.372 e. The van der Waals surface area contributed by atoms with Crippen molar-refractivity contribution in [1.29, 1.82) is 0 Å². The summed E-state index contributed by atoms with van der Waals surface area (Å²) in [6.45, 7) is 3.61. The van der Waals surface area contributed by atoms with Crippen LogP contribution < -0.4 is 10.9 Å². The molecule has 3 aliphatic rings. The minimum atomic E-state index is -0.113. The Bertz CT molecular complexity index is 583. The van der Waals surface area contributed by atoms with Crippen LogP contribution in [0.3, 0.4) is 0 Å². The predicted molar refractivity (Wildman–Crippen MR) is 91.5 cm³/mol. The van der Waals surface area contributed by atoms with E-state index in [0.29, 0.717) is 13.2 Å². The average Bonchev–Trinajstić information content (AvgIpc) is 3.32. The molecule has 0 aromatic carbocycles. The van der Waals surface area contributed by atoms with E-state index < -0.39 is 0 Å². The van der Waals surface area contributed by atoms with Gasteiger partial charge in [0.05, 0.1) is 24.9 Å². The summed E-state index contributed by atoms with van der Waals surface area (Å²) in [6.07, 6.45) is 7.30. The molecule has 7 nitrogen and oxygen atoms in total. The molecule has 0 saturated carbocycles. The van der Waals surface area contributed by atoms with E-state index in [4.69, 9.17) is 9.47 Å². The Morgan fingerprint density at radius 2 is 2.32 bits per heavy atom. The largest absolute Gasteiger partial charge is 0.372 e. The van der Waals surface area contributed by atoms with Crippen LogP contribution in [0.25, 0.3) is 0 Å². The highest BCUT2D eigenvalue weighted by molar-refractivity contribution is 5.82. The van der Waals surface area contributed by atoms with E-state index in [1.165, 1.54) is 0 Å². The fourth-order valence-corrected chi connectivity index (χ4v) is 3.98. The maximum Gasteiger partial charge on any atom is 0.241 e. The van der Waals surface area contributed by atoms with Gasteiger partial charge in [-0.3, -0.25) is 15.2 Å². The molecule has 0 aliphatic carbocycles. The number of hydrogen-bond donors (Lipinski definition) is 2. The van der Waals surface area contributed by atoms with Gasteiger partial charge in [-0.25, -0.2) is 5.43 Å². The molecule has 1 aromatic heterocycles. The summed E-state index contributed by atoms with van der Waals surface area (Å²) in [5.41, 5.74) is 7.06. The van der Waals surface area contributed by atoms with Crippen LogP contribution in [0.1, 0.15) is 31.2 Å². The van der Waals surface area contributed by atoms with Gasteiger partial charge in [0.1, 0.15) is 6.04 Å². The summed E-state index contributed by atoms with van der Waals surface area (Å²) in [7, 11) is 0. The zero-order valence-corrected chi connectivity index (χ0v) is 14.4. The second kappa shape index (κ2) is 7.37. The number of hydrogen-bond acceptors (Lipinski definition) is 6. The lowest BCUT2D eigenvalue weighted by Crippen LogP contribution is -2.52. The number of carbonyl (C=O) groups is 1. The van der Waals surface area contributed by atoms with E-state index in [-0.39, 0.29) is 23.7 Å². The molecular formula is C18H26N4O3. The maximum atomic E-state index is 12.5. The summed E-state index contributed by atoms with van der Waals surface area (Å²) in [4.78, 5) is 18.6. The van der Waals surface area contributed by atoms with Crippen molar-refractivity contribution < 1.29 is 14.3 Å². The summed E-state index contributed by atoms with van der Waals surface area (Å²) in [5.74, 6) is 0.210. The third kappa shape index (κ3) is 3.84. The molecule has 4 heterocycles. The van der Waals surface area contributed by atoms with Crippen molar-refractivity contribution in [3.8, 4) is 0 Å². The van der Waals surface area contributed by atoms with Crippen LogP contribution in [0, 0.1) is 0 Å². The third-order valence-corrected chi connectivity index (χ3v) is 5.50. The molecule has 3 aliphatic heterocycles. The van der Waals surface area contributed by atoms with Gasteiger partial charge in [-0.2, -0.15) is 0 Å². The summed E-state index contributed by atoms with van der Waals surface area (Å²) < 4.78 is 12.1. The maximum absolute atomic E-state index is 12.5. The molecule has 1 amide bonds. The van der Waals surface area contributed by atoms with Crippen LogP contribution in [-0.2, 0) is 20.9 Å². The minimum absolute atomic E-state index is 0.0749. The highest BCUT2D eigenvalue weighted by Gasteiger charge is 2.44. The first-order valence-corrected chi connectivity index (χ1v) is 9.16. The van der Waals surface area contributed by atoms with E-state index in [1.54, 1.807) is 6.20 Å². The highest BCUT2D eigenvalue weighted by atomic mass is 16.6. The molecule has 136 valence electrons. The Hall–Kier alpha value is -1.54. The number of rotatable bonds is 4. The summed E-state index contributed by atoms with van der Waals surface area (Å²) in [6, 6.07) is 3.87. The monoisotopic (exact) mass is 346 g/mol. The Kier molecular flexibility index (Phi) is 4.98. The average molecular weight is 346 g/mol. The topological polar surface area (TPSA) is 75.7 Å². The van der Waals surface area contributed by atoms with E-state index >= 15 is 0 Å². The van der Waals surface area contributed by atoms with Crippen molar-refractivity contribution in [2.45, 2.75) is 50.0 Å². The molecule has 1 aromatic rings. The first-order chi connectivity index (χ1) is 12.2. The van der Waals surface area contributed by atoms with Gasteiger partial charge in [-0.1, -0.05) is 6.07 Å². The van der Waals surface area contributed by atoms with Crippen LogP contribution in [0.2, 0.25) is 0 Å². The number of pyridine rings is 1. The van der Waals surface area contributed by atoms with Crippen LogP contribution in [-0.4, -0.2) is 59.8 Å². The summed E-state index contributed by atoms with van der Waals surface area (Å²) in [5, 5.41) is 0. The molecule has 2 unspecified atom stereocenters. The fraction of sp³-hybridized carbons (Fsp3) is 0.667. The molecule has 7 heteroatoms. The molecule has 0 radical (unpaired) electrons.